The number of hydrogen-bond donors (Lipinski definition) is 2. The average molecular weight is 204 g/mol. The lowest BCUT2D eigenvalue weighted by molar-refractivity contribution is -0.118. The van der Waals surface area contributed by atoms with Crippen LogP contribution in [0.3, 0.4) is 0 Å². The second-order valence-corrected chi connectivity index (χ2v) is 3.75. The highest BCUT2D eigenvalue weighted by Gasteiger charge is 2.02. The summed E-state index contributed by atoms with van der Waals surface area (Å²) >= 11 is 3.87. The molecule has 4 heteroatoms. The van der Waals surface area contributed by atoms with E-state index in [9.17, 15) is 4.79 Å². The molecular weight excluding hydrogens is 184 g/mol. The molecule has 0 aromatic heterocycles. The molecule has 0 radical (unpaired) electrons. The summed E-state index contributed by atoms with van der Waals surface area (Å²) in [6.45, 7) is 6.08. The molecule has 0 bridgehead atoms. The first kappa shape index (κ1) is 12.8. The van der Waals surface area contributed by atoms with Crippen LogP contribution in [0.15, 0.2) is 0 Å². The Kier molecular flexibility index (Phi) is 7.09. The predicted molar refractivity (Wildman–Crippen MR) is 59.2 cm³/mol. The summed E-state index contributed by atoms with van der Waals surface area (Å²) in [6, 6.07) is 0.570. The predicted octanol–water partition coefficient (Wildman–Crippen LogP) is 0.763. The Labute approximate surface area is 86.3 Å². The van der Waals surface area contributed by atoms with Crippen molar-refractivity contribution < 1.29 is 4.79 Å². The van der Waals surface area contributed by atoms with E-state index in [0.29, 0.717) is 6.04 Å². The molecule has 0 rings (SSSR count). The first-order chi connectivity index (χ1) is 6.07. The molecule has 1 amide bonds. The van der Waals surface area contributed by atoms with Crippen molar-refractivity contribution in [2.24, 2.45) is 0 Å². The van der Waals surface area contributed by atoms with Crippen molar-refractivity contribution in [1.29, 1.82) is 0 Å². The minimum absolute atomic E-state index is 0.00975. The van der Waals surface area contributed by atoms with Crippen molar-refractivity contribution in [2.75, 3.05) is 25.9 Å². The van der Waals surface area contributed by atoms with Gasteiger partial charge in [-0.3, -0.25) is 4.79 Å². The lowest BCUT2D eigenvalue weighted by atomic mass is 10.3. The lowest BCUT2D eigenvalue weighted by Gasteiger charge is -2.20. The summed E-state index contributed by atoms with van der Waals surface area (Å²) < 4.78 is 0. The molecule has 13 heavy (non-hydrogen) atoms. The van der Waals surface area contributed by atoms with Crippen LogP contribution in [0.4, 0.5) is 0 Å². The summed E-state index contributed by atoms with van der Waals surface area (Å²) in [4.78, 5) is 13.0. The van der Waals surface area contributed by atoms with Crippen molar-refractivity contribution in [3.8, 4) is 0 Å². The standard InChI is InChI=1S/C9H20N2OS/c1-8(2)11(3)6-4-5-10-9(12)7-13/h8,13H,4-7H2,1-3H3,(H,10,12). The number of amides is 1. The van der Waals surface area contributed by atoms with Gasteiger partial charge in [0.05, 0.1) is 5.75 Å². The number of nitrogens with zero attached hydrogens (tertiary/aromatic N) is 1. The third-order valence-electron chi connectivity index (χ3n) is 2.03. The smallest absolute Gasteiger partial charge is 0.229 e. The quantitative estimate of drug-likeness (QED) is 0.494. The zero-order valence-electron chi connectivity index (χ0n) is 8.71. The largest absolute Gasteiger partial charge is 0.355 e. The van der Waals surface area contributed by atoms with E-state index < -0.39 is 0 Å². The SMILES string of the molecule is CC(C)N(C)CCCNC(=O)CS. The van der Waals surface area contributed by atoms with Gasteiger partial charge in [0, 0.05) is 12.6 Å². The van der Waals surface area contributed by atoms with Crippen molar-refractivity contribution in [1.82, 2.24) is 10.2 Å². The molecule has 0 saturated carbocycles. The Hall–Kier alpha value is -0.220. The second-order valence-electron chi connectivity index (χ2n) is 3.44. The van der Waals surface area contributed by atoms with Crippen LogP contribution < -0.4 is 5.32 Å². The topological polar surface area (TPSA) is 32.3 Å². The fraction of sp³-hybridized carbons (Fsp3) is 0.889. The molecule has 0 aliphatic carbocycles. The summed E-state index contributed by atoms with van der Waals surface area (Å²) in [5.41, 5.74) is 0. The Morgan fingerprint density at radius 1 is 1.54 bits per heavy atom. The van der Waals surface area contributed by atoms with Crippen molar-refractivity contribution >= 4 is 18.5 Å². The molecule has 0 fully saturated rings. The maximum absolute atomic E-state index is 10.8. The number of carbonyl (C=O) groups excluding carboxylic acids is 1. The van der Waals surface area contributed by atoms with Crippen LogP contribution in [-0.4, -0.2) is 42.7 Å². The Morgan fingerprint density at radius 3 is 2.62 bits per heavy atom. The third kappa shape index (κ3) is 6.90. The molecule has 0 saturated heterocycles. The molecule has 0 aromatic carbocycles. The molecule has 0 aliphatic heterocycles. The summed E-state index contributed by atoms with van der Waals surface area (Å²) in [6.07, 6.45) is 0.994. The minimum atomic E-state index is 0.00975. The van der Waals surface area contributed by atoms with Gasteiger partial charge < -0.3 is 10.2 Å². The van der Waals surface area contributed by atoms with Crippen LogP contribution in [0.1, 0.15) is 20.3 Å². The monoisotopic (exact) mass is 204 g/mol. The fourth-order valence-corrected chi connectivity index (χ4v) is 0.982. The molecular formula is C9H20N2OS. The number of hydrogen-bond acceptors (Lipinski definition) is 3. The van der Waals surface area contributed by atoms with Crippen LogP contribution in [0, 0.1) is 0 Å². The molecule has 0 spiro atoms. The van der Waals surface area contributed by atoms with E-state index in [-0.39, 0.29) is 11.7 Å². The van der Waals surface area contributed by atoms with Gasteiger partial charge in [-0.15, -0.1) is 0 Å². The van der Waals surface area contributed by atoms with E-state index >= 15 is 0 Å². The highest BCUT2D eigenvalue weighted by atomic mass is 32.1. The van der Waals surface area contributed by atoms with Gasteiger partial charge in [-0.2, -0.15) is 12.6 Å². The van der Waals surface area contributed by atoms with E-state index in [4.69, 9.17) is 0 Å². The molecule has 0 aliphatic rings. The first-order valence-corrected chi connectivity index (χ1v) is 5.29. The van der Waals surface area contributed by atoms with Gasteiger partial charge in [-0.1, -0.05) is 0 Å². The number of nitrogens with one attached hydrogen (secondary N) is 1. The zero-order valence-corrected chi connectivity index (χ0v) is 9.60. The minimum Gasteiger partial charge on any atom is -0.355 e. The van der Waals surface area contributed by atoms with E-state index in [1.165, 1.54) is 0 Å². The van der Waals surface area contributed by atoms with E-state index in [1.54, 1.807) is 0 Å². The van der Waals surface area contributed by atoms with Crippen LogP contribution in [0.5, 0.6) is 0 Å². The maximum atomic E-state index is 10.8. The van der Waals surface area contributed by atoms with Crippen molar-refractivity contribution in [3.05, 3.63) is 0 Å². The van der Waals surface area contributed by atoms with Gasteiger partial charge in [0.1, 0.15) is 0 Å². The van der Waals surface area contributed by atoms with E-state index in [2.05, 4.69) is 43.7 Å². The Bertz CT molecular complexity index is 151. The second kappa shape index (κ2) is 7.21. The van der Waals surface area contributed by atoms with Crippen molar-refractivity contribution in [3.63, 3.8) is 0 Å². The molecule has 1 N–H and O–H groups in total. The molecule has 3 nitrogen and oxygen atoms in total. The van der Waals surface area contributed by atoms with Crippen molar-refractivity contribution in [2.45, 2.75) is 26.3 Å². The average Bonchev–Trinajstić information content (AvgIpc) is 2.11. The van der Waals surface area contributed by atoms with Gasteiger partial charge in [0.25, 0.3) is 0 Å². The molecule has 0 aromatic rings. The third-order valence-corrected chi connectivity index (χ3v) is 2.32. The number of thiol groups is 1. The number of carbonyl (C=O) groups is 1. The zero-order chi connectivity index (χ0) is 10.3. The summed E-state index contributed by atoms with van der Waals surface area (Å²) in [7, 11) is 2.09. The van der Waals surface area contributed by atoms with Gasteiger partial charge in [-0.05, 0) is 33.9 Å². The van der Waals surface area contributed by atoms with Gasteiger partial charge in [-0.25, -0.2) is 0 Å². The molecule has 0 heterocycles. The highest BCUT2D eigenvalue weighted by molar-refractivity contribution is 7.81. The summed E-state index contributed by atoms with van der Waals surface area (Å²) in [5.74, 6) is 0.288. The van der Waals surface area contributed by atoms with Gasteiger partial charge in [0.15, 0.2) is 0 Å². The molecule has 0 atom stereocenters. The fourth-order valence-electron chi connectivity index (χ4n) is 0.870. The van der Waals surface area contributed by atoms with Crippen LogP contribution in [-0.2, 0) is 4.79 Å². The highest BCUT2D eigenvalue weighted by Crippen LogP contribution is 1.93. The number of rotatable bonds is 6. The molecule has 78 valence electrons. The van der Waals surface area contributed by atoms with Crippen LogP contribution in [0.25, 0.3) is 0 Å². The van der Waals surface area contributed by atoms with E-state index in [1.807, 2.05) is 0 Å². The molecule has 0 unspecified atom stereocenters. The van der Waals surface area contributed by atoms with E-state index in [0.717, 1.165) is 19.5 Å². The Morgan fingerprint density at radius 2 is 2.15 bits per heavy atom. The summed E-state index contributed by atoms with van der Waals surface area (Å²) in [5, 5.41) is 2.78. The Balaban J connectivity index is 3.30. The first-order valence-electron chi connectivity index (χ1n) is 4.65. The van der Waals surface area contributed by atoms with Crippen LogP contribution >= 0.6 is 12.6 Å². The van der Waals surface area contributed by atoms with Gasteiger partial charge in [0.2, 0.25) is 5.91 Å². The maximum Gasteiger partial charge on any atom is 0.229 e. The van der Waals surface area contributed by atoms with Gasteiger partial charge >= 0.3 is 0 Å². The normalized spacial score (nSPS) is 10.9. The lowest BCUT2D eigenvalue weighted by Crippen LogP contribution is -2.31. The van der Waals surface area contributed by atoms with Crippen LogP contribution in [0.2, 0.25) is 0 Å².